The van der Waals surface area contributed by atoms with Crippen LogP contribution in [0.1, 0.15) is 12.6 Å². The highest BCUT2D eigenvalue weighted by atomic mass is 32.2. The third kappa shape index (κ3) is 4.60. The molecule has 1 aromatic heterocycles. The average molecular weight is 491 g/mol. The molecule has 0 spiro atoms. The fourth-order valence-electron chi connectivity index (χ4n) is 4.17. The predicted octanol–water partition coefficient (Wildman–Crippen LogP) is 3.83. The van der Waals surface area contributed by atoms with Crippen LogP contribution in [0, 0.1) is 5.82 Å². The number of ether oxygens (including phenoxy) is 4. The van der Waals surface area contributed by atoms with Crippen molar-refractivity contribution in [2.45, 2.75) is 23.8 Å². The van der Waals surface area contributed by atoms with E-state index in [1.807, 2.05) is 13.0 Å². The molecule has 0 bridgehead atoms. The Morgan fingerprint density at radius 1 is 1.12 bits per heavy atom. The number of hydrogen-bond donors (Lipinski definition) is 3. The number of methoxy groups -OCH3 is 3. The minimum atomic E-state index is -1.21. The summed E-state index contributed by atoms with van der Waals surface area (Å²) in [5.74, 6) is 0.916. The molecule has 34 heavy (non-hydrogen) atoms. The highest BCUT2D eigenvalue weighted by Gasteiger charge is 2.51. The molecule has 3 aromatic rings. The Labute approximate surface area is 200 Å². The zero-order chi connectivity index (χ0) is 24.5. The Balaban J connectivity index is 1.51. The van der Waals surface area contributed by atoms with Crippen LogP contribution in [0.2, 0.25) is 0 Å². The number of nitrogens with one attached hydrogen (secondary N) is 2. The topological polar surface area (TPSA) is 102 Å². The Morgan fingerprint density at radius 2 is 1.82 bits per heavy atom. The van der Waals surface area contributed by atoms with Gasteiger partial charge >= 0.3 is 5.97 Å². The minimum absolute atomic E-state index is 0.198. The monoisotopic (exact) mass is 490 g/mol. The number of halogens is 1. The van der Waals surface area contributed by atoms with Gasteiger partial charge in [-0.25, -0.2) is 4.39 Å². The van der Waals surface area contributed by atoms with Crippen molar-refractivity contribution in [2.75, 3.05) is 33.7 Å². The van der Waals surface area contributed by atoms with Gasteiger partial charge in [0.05, 0.1) is 26.2 Å². The van der Waals surface area contributed by atoms with E-state index >= 15 is 0 Å². The van der Waals surface area contributed by atoms with Gasteiger partial charge in [0.25, 0.3) is 0 Å². The van der Waals surface area contributed by atoms with Gasteiger partial charge in [-0.1, -0.05) is 0 Å². The number of rotatable bonds is 9. The lowest BCUT2D eigenvalue weighted by Gasteiger charge is -2.30. The number of fused-ring (bicyclic) bond motifs is 1. The number of carbonyl (C=O) groups is 1. The van der Waals surface area contributed by atoms with Crippen LogP contribution in [0.3, 0.4) is 0 Å². The lowest BCUT2D eigenvalue weighted by atomic mass is 9.94. The number of carboxylic acid groups (broad SMARTS) is 1. The Hall–Kier alpha value is -3.11. The molecule has 10 heteroatoms. The zero-order valence-electron chi connectivity index (χ0n) is 19.4. The van der Waals surface area contributed by atoms with Gasteiger partial charge < -0.3 is 29.0 Å². The first-order chi connectivity index (χ1) is 16.2. The van der Waals surface area contributed by atoms with Crippen molar-refractivity contribution in [2.24, 2.45) is 0 Å². The molecule has 3 N–H and O–H groups in total. The average Bonchev–Trinajstić information content (AvgIpc) is 3.37. The Bertz CT molecular complexity index is 1190. The Morgan fingerprint density at radius 3 is 2.44 bits per heavy atom. The van der Waals surface area contributed by atoms with Crippen LogP contribution in [0.5, 0.6) is 23.0 Å². The molecule has 1 aliphatic heterocycles. The maximum absolute atomic E-state index is 13.6. The van der Waals surface area contributed by atoms with E-state index in [4.69, 9.17) is 18.9 Å². The molecule has 0 aliphatic carbocycles. The van der Waals surface area contributed by atoms with Crippen LogP contribution >= 0.6 is 11.8 Å². The smallest absolute Gasteiger partial charge is 0.325 e. The number of hydrogen-bond acceptors (Lipinski definition) is 7. The molecule has 1 saturated heterocycles. The van der Waals surface area contributed by atoms with Crippen molar-refractivity contribution in [1.82, 2.24) is 10.3 Å². The van der Waals surface area contributed by atoms with E-state index in [-0.39, 0.29) is 18.8 Å². The van der Waals surface area contributed by atoms with Crippen LogP contribution < -0.4 is 24.3 Å². The summed E-state index contributed by atoms with van der Waals surface area (Å²) in [6.45, 7) is 2.10. The first kappa shape index (κ1) is 24.0. The third-order valence-corrected chi connectivity index (χ3v) is 7.33. The first-order valence-corrected chi connectivity index (χ1v) is 11.6. The molecule has 2 atom stereocenters. The van der Waals surface area contributed by atoms with Crippen molar-refractivity contribution in [3.8, 4) is 23.0 Å². The van der Waals surface area contributed by atoms with Crippen molar-refractivity contribution in [3.05, 3.63) is 47.9 Å². The fraction of sp³-hybridized carbons (Fsp3) is 0.375. The Kier molecular flexibility index (Phi) is 6.55. The van der Waals surface area contributed by atoms with Gasteiger partial charge in [-0.15, -0.1) is 11.8 Å². The number of aromatic nitrogens is 1. The molecule has 0 saturated carbocycles. The van der Waals surface area contributed by atoms with Crippen LogP contribution in [0.4, 0.5) is 4.39 Å². The first-order valence-electron chi connectivity index (χ1n) is 10.6. The molecule has 0 radical (unpaired) electrons. The standard InChI is InChI=1S/C24H27FN2O6S/c1-23(12-33-17-9-19(30-2)21(32-4)20(10-17)31-3)27-24(13-34-23,22(28)29)11-16-7-14-5-6-15(25)8-18(14)26-16/h5-10,26-27H,11-13H2,1-4H3,(H,28,29). The molecule has 1 aliphatic rings. The molecule has 2 unspecified atom stereocenters. The van der Waals surface area contributed by atoms with Gasteiger partial charge in [-0.05, 0) is 36.6 Å². The van der Waals surface area contributed by atoms with Crippen molar-refractivity contribution < 1.29 is 33.2 Å². The van der Waals surface area contributed by atoms with Gasteiger partial charge in [0, 0.05) is 35.5 Å². The summed E-state index contributed by atoms with van der Waals surface area (Å²) in [4.78, 5) is 14.8. The van der Waals surface area contributed by atoms with Gasteiger partial charge in [0.15, 0.2) is 11.5 Å². The van der Waals surface area contributed by atoms with Gasteiger partial charge in [0.1, 0.15) is 23.7 Å². The molecule has 4 rings (SSSR count). The molecular formula is C24H27FN2O6S. The van der Waals surface area contributed by atoms with Gasteiger partial charge in [-0.3, -0.25) is 10.1 Å². The largest absolute Gasteiger partial charge is 0.493 e. The molecule has 1 fully saturated rings. The summed E-state index contributed by atoms with van der Waals surface area (Å²) in [5.41, 5.74) is 0.137. The maximum Gasteiger partial charge on any atom is 0.325 e. The van der Waals surface area contributed by atoms with Gasteiger partial charge in [-0.2, -0.15) is 0 Å². The number of H-pyrrole nitrogens is 1. The van der Waals surface area contributed by atoms with Crippen LogP contribution in [-0.4, -0.2) is 60.2 Å². The number of carboxylic acids is 1. The molecule has 2 heterocycles. The normalized spacial score (nSPS) is 22.0. The van der Waals surface area contributed by atoms with E-state index in [1.54, 1.807) is 18.2 Å². The molecule has 2 aromatic carbocycles. The van der Waals surface area contributed by atoms with E-state index in [9.17, 15) is 14.3 Å². The molecular weight excluding hydrogens is 463 g/mol. The van der Waals surface area contributed by atoms with Crippen molar-refractivity contribution in [1.29, 1.82) is 0 Å². The summed E-state index contributed by atoms with van der Waals surface area (Å²) >= 11 is 1.48. The van der Waals surface area contributed by atoms with E-state index in [2.05, 4.69) is 10.3 Å². The highest BCUT2D eigenvalue weighted by molar-refractivity contribution is 8.01. The lowest BCUT2D eigenvalue weighted by molar-refractivity contribution is -0.144. The highest BCUT2D eigenvalue weighted by Crippen LogP contribution is 2.42. The second-order valence-corrected chi connectivity index (χ2v) is 9.86. The minimum Gasteiger partial charge on any atom is -0.493 e. The van der Waals surface area contributed by atoms with Crippen molar-refractivity contribution in [3.63, 3.8) is 0 Å². The maximum atomic E-state index is 13.6. The van der Waals surface area contributed by atoms with Crippen LogP contribution in [0.15, 0.2) is 36.4 Å². The zero-order valence-corrected chi connectivity index (χ0v) is 20.2. The summed E-state index contributed by atoms with van der Waals surface area (Å²) < 4.78 is 35.6. The summed E-state index contributed by atoms with van der Waals surface area (Å²) in [6, 6.07) is 9.70. The summed E-state index contributed by atoms with van der Waals surface area (Å²) in [7, 11) is 4.57. The van der Waals surface area contributed by atoms with Gasteiger partial charge in [0.2, 0.25) is 5.75 Å². The molecule has 182 valence electrons. The lowest BCUT2D eigenvalue weighted by Crippen LogP contribution is -2.58. The van der Waals surface area contributed by atoms with Crippen LogP contribution in [-0.2, 0) is 11.2 Å². The van der Waals surface area contributed by atoms with E-state index in [0.717, 1.165) is 5.39 Å². The van der Waals surface area contributed by atoms with E-state index < -0.39 is 16.4 Å². The van der Waals surface area contributed by atoms with E-state index in [0.29, 0.717) is 40.0 Å². The quantitative estimate of drug-likeness (QED) is 0.416. The van der Waals surface area contributed by atoms with Crippen molar-refractivity contribution >= 4 is 28.6 Å². The summed E-state index contributed by atoms with van der Waals surface area (Å²) in [5, 5.41) is 14.2. The molecule has 8 nitrogen and oxygen atoms in total. The summed E-state index contributed by atoms with van der Waals surface area (Å²) in [6.07, 6.45) is 0.214. The van der Waals surface area contributed by atoms with E-state index in [1.165, 1.54) is 45.2 Å². The van der Waals surface area contributed by atoms with Crippen LogP contribution in [0.25, 0.3) is 10.9 Å². The number of thioether (sulfide) groups is 1. The molecule has 0 amide bonds. The number of aromatic amines is 1. The second-order valence-electron chi connectivity index (χ2n) is 8.38. The third-order valence-electron chi connectivity index (χ3n) is 5.84. The second kappa shape index (κ2) is 9.27. The fourth-order valence-corrected chi connectivity index (χ4v) is 5.44. The number of aliphatic carboxylic acids is 1. The number of benzene rings is 2. The SMILES string of the molecule is COc1cc(OCC2(C)NC(Cc3cc4ccc(F)cc4[nH]3)(C(=O)O)CS2)cc(OC)c1OC. The predicted molar refractivity (Wildman–Crippen MR) is 128 cm³/mol.